The smallest absolute Gasteiger partial charge is 0.229 e. The summed E-state index contributed by atoms with van der Waals surface area (Å²) >= 11 is 0. The monoisotopic (exact) mass is 304 g/mol. The summed E-state index contributed by atoms with van der Waals surface area (Å²) in [7, 11) is 0. The number of hydrogen-bond acceptors (Lipinski definition) is 4. The molecule has 4 nitrogen and oxygen atoms in total. The van der Waals surface area contributed by atoms with Gasteiger partial charge in [0.2, 0.25) is 5.95 Å². The van der Waals surface area contributed by atoms with Crippen LogP contribution in [-0.2, 0) is 0 Å². The SMILES string of the molecule is Cc1ccc(Nc2cc(C)nc(Nc3ccccc3C)n2)cc1. The number of anilines is 4. The lowest BCUT2D eigenvalue weighted by molar-refractivity contribution is 1.10. The number of para-hydroxylation sites is 1. The maximum atomic E-state index is 4.55. The third kappa shape index (κ3) is 3.86. The van der Waals surface area contributed by atoms with Crippen molar-refractivity contribution in [3.8, 4) is 0 Å². The molecule has 0 saturated carbocycles. The Labute approximate surface area is 136 Å². The van der Waals surface area contributed by atoms with Crippen LogP contribution in [0.4, 0.5) is 23.1 Å². The molecule has 0 atom stereocenters. The summed E-state index contributed by atoms with van der Waals surface area (Å²) in [4.78, 5) is 9.02. The molecule has 0 unspecified atom stereocenters. The molecule has 116 valence electrons. The molecule has 23 heavy (non-hydrogen) atoms. The molecule has 2 N–H and O–H groups in total. The Morgan fingerprint density at radius 3 is 2.26 bits per heavy atom. The molecular weight excluding hydrogens is 284 g/mol. The van der Waals surface area contributed by atoms with Crippen molar-refractivity contribution in [1.29, 1.82) is 0 Å². The first kappa shape index (κ1) is 15.0. The predicted molar refractivity (Wildman–Crippen MR) is 95.7 cm³/mol. The molecule has 0 aliphatic heterocycles. The van der Waals surface area contributed by atoms with Crippen molar-refractivity contribution in [2.24, 2.45) is 0 Å². The highest BCUT2D eigenvalue weighted by Gasteiger charge is 2.05. The number of aromatic nitrogens is 2. The van der Waals surface area contributed by atoms with E-state index in [0.29, 0.717) is 5.95 Å². The number of benzene rings is 2. The van der Waals surface area contributed by atoms with Gasteiger partial charge in [-0.1, -0.05) is 35.9 Å². The number of aryl methyl sites for hydroxylation is 3. The Bertz CT molecular complexity index is 810. The van der Waals surface area contributed by atoms with Gasteiger partial charge in [0.15, 0.2) is 0 Å². The minimum atomic E-state index is 0.592. The predicted octanol–water partition coefficient (Wildman–Crippen LogP) is 4.89. The van der Waals surface area contributed by atoms with Gasteiger partial charge in [0, 0.05) is 23.1 Å². The van der Waals surface area contributed by atoms with E-state index in [1.165, 1.54) is 5.56 Å². The third-order valence-corrected chi connectivity index (χ3v) is 3.57. The Hall–Kier alpha value is -2.88. The summed E-state index contributed by atoms with van der Waals surface area (Å²) in [6, 6.07) is 18.3. The topological polar surface area (TPSA) is 49.8 Å². The molecule has 0 radical (unpaired) electrons. The summed E-state index contributed by atoms with van der Waals surface area (Å²) in [5, 5.41) is 6.61. The second-order valence-electron chi connectivity index (χ2n) is 5.65. The van der Waals surface area contributed by atoms with Crippen LogP contribution in [0.15, 0.2) is 54.6 Å². The summed E-state index contributed by atoms with van der Waals surface area (Å²) in [5.41, 5.74) is 5.32. The molecule has 0 spiro atoms. The van der Waals surface area contributed by atoms with Gasteiger partial charge in [-0.15, -0.1) is 0 Å². The van der Waals surface area contributed by atoms with Crippen LogP contribution in [0.2, 0.25) is 0 Å². The van der Waals surface area contributed by atoms with Gasteiger partial charge >= 0.3 is 0 Å². The molecule has 4 heteroatoms. The lowest BCUT2D eigenvalue weighted by Gasteiger charge is -2.11. The van der Waals surface area contributed by atoms with Crippen molar-refractivity contribution in [2.75, 3.05) is 10.6 Å². The molecule has 0 fully saturated rings. The summed E-state index contributed by atoms with van der Waals surface area (Å²) in [6.07, 6.45) is 0. The van der Waals surface area contributed by atoms with Crippen molar-refractivity contribution in [3.63, 3.8) is 0 Å². The zero-order valence-corrected chi connectivity index (χ0v) is 13.6. The van der Waals surface area contributed by atoms with E-state index in [1.807, 2.05) is 43.3 Å². The normalized spacial score (nSPS) is 10.4. The van der Waals surface area contributed by atoms with Crippen LogP contribution in [0.1, 0.15) is 16.8 Å². The van der Waals surface area contributed by atoms with Crippen LogP contribution in [0, 0.1) is 20.8 Å². The zero-order chi connectivity index (χ0) is 16.2. The van der Waals surface area contributed by atoms with Gasteiger partial charge in [0.1, 0.15) is 5.82 Å². The molecule has 3 aromatic rings. The molecule has 3 rings (SSSR count). The maximum absolute atomic E-state index is 4.55. The molecule has 0 aliphatic rings. The second-order valence-corrected chi connectivity index (χ2v) is 5.65. The summed E-state index contributed by atoms with van der Waals surface area (Å²) in [5.74, 6) is 1.37. The fourth-order valence-electron chi connectivity index (χ4n) is 2.31. The third-order valence-electron chi connectivity index (χ3n) is 3.57. The van der Waals surface area contributed by atoms with Crippen molar-refractivity contribution in [2.45, 2.75) is 20.8 Å². The highest BCUT2D eigenvalue weighted by atomic mass is 15.1. The first-order chi connectivity index (χ1) is 11.1. The van der Waals surface area contributed by atoms with Crippen molar-refractivity contribution in [3.05, 3.63) is 71.4 Å². The summed E-state index contributed by atoms with van der Waals surface area (Å²) in [6.45, 7) is 6.09. The number of nitrogens with zero attached hydrogens (tertiary/aromatic N) is 2. The van der Waals surface area contributed by atoms with E-state index in [4.69, 9.17) is 0 Å². The fraction of sp³-hybridized carbons (Fsp3) is 0.158. The van der Waals surface area contributed by atoms with Crippen LogP contribution in [0.25, 0.3) is 0 Å². The lowest BCUT2D eigenvalue weighted by atomic mass is 10.2. The molecule has 0 aliphatic carbocycles. The van der Waals surface area contributed by atoms with Crippen LogP contribution in [-0.4, -0.2) is 9.97 Å². The van der Waals surface area contributed by atoms with Crippen LogP contribution < -0.4 is 10.6 Å². The minimum absolute atomic E-state index is 0.592. The molecule has 1 aromatic heterocycles. The van der Waals surface area contributed by atoms with Crippen molar-refractivity contribution < 1.29 is 0 Å². The average molecular weight is 304 g/mol. The van der Waals surface area contributed by atoms with Crippen LogP contribution >= 0.6 is 0 Å². The van der Waals surface area contributed by atoms with E-state index >= 15 is 0 Å². The summed E-state index contributed by atoms with van der Waals surface area (Å²) < 4.78 is 0. The fourth-order valence-corrected chi connectivity index (χ4v) is 2.31. The first-order valence-electron chi connectivity index (χ1n) is 7.62. The highest BCUT2D eigenvalue weighted by molar-refractivity contribution is 5.62. The zero-order valence-electron chi connectivity index (χ0n) is 13.6. The molecule has 1 heterocycles. The number of nitrogens with one attached hydrogen (secondary N) is 2. The van der Waals surface area contributed by atoms with E-state index in [1.54, 1.807) is 0 Å². The van der Waals surface area contributed by atoms with E-state index < -0.39 is 0 Å². The molecule has 2 aromatic carbocycles. The largest absolute Gasteiger partial charge is 0.340 e. The Kier molecular flexibility index (Phi) is 4.24. The van der Waals surface area contributed by atoms with Gasteiger partial charge in [0.25, 0.3) is 0 Å². The lowest BCUT2D eigenvalue weighted by Crippen LogP contribution is -2.03. The Balaban J connectivity index is 1.84. The van der Waals surface area contributed by atoms with Crippen LogP contribution in [0.5, 0.6) is 0 Å². The van der Waals surface area contributed by atoms with E-state index in [9.17, 15) is 0 Å². The Morgan fingerprint density at radius 2 is 1.52 bits per heavy atom. The average Bonchev–Trinajstić information content (AvgIpc) is 2.51. The van der Waals surface area contributed by atoms with Gasteiger partial charge in [-0.25, -0.2) is 4.98 Å². The number of hydrogen-bond donors (Lipinski definition) is 2. The van der Waals surface area contributed by atoms with E-state index in [-0.39, 0.29) is 0 Å². The molecule has 0 saturated heterocycles. The molecule has 0 bridgehead atoms. The molecule has 0 amide bonds. The second kappa shape index (κ2) is 6.48. The van der Waals surface area contributed by atoms with E-state index in [0.717, 1.165) is 28.5 Å². The van der Waals surface area contributed by atoms with Crippen LogP contribution in [0.3, 0.4) is 0 Å². The number of rotatable bonds is 4. The standard InChI is InChI=1S/C19H20N4/c1-13-8-10-16(11-9-13)21-18-12-15(3)20-19(23-18)22-17-7-5-4-6-14(17)2/h4-12H,1-3H3,(H2,20,21,22,23). The highest BCUT2D eigenvalue weighted by Crippen LogP contribution is 2.21. The van der Waals surface area contributed by atoms with Gasteiger partial charge < -0.3 is 10.6 Å². The Morgan fingerprint density at radius 1 is 0.783 bits per heavy atom. The minimum Gasteiger partial charge on any atom is -0.340 e. The quantitative estimate of drug-likeness (QED) is 0.720. The van der Waals surface area contributed by atoms with Crippen molar-refractivity contribution in [1.82, 2.24) is 9.97 Å². The maximum Gasteiger partial charge on any atom is 0.229 e. The molecular formula is C19H20N4. The van der Waals surface area contributed by atoms with Crippen molar-refractivity contribution >= 4 is 23.1 Å². The van der Waals surface area contributed by atoms with Gasteiger partial charge in [-0.05, 0) is 44.5 Å². The van der Waals surface area contributed by atoms with Gasteiger partial charge in [0.05, 0.1) is 0 Å². The van der Waals surface area contributed by atoms with Gasteiger partial charge in [-0.3, -0.25) is 0 Å². The van der Waals surface area contributed by atoms with E-state index in [2.05, 4.69) is 52.6 Å². The first-order valence-corrected chi connectivity index (χ1v) is 7.62. The van der Waals surface area contributed by atoms with Gasteiger partial charge in [-0.2, -0.15) is 4.98 Å².